The number of aromatic amines is 1. The highest BCUT2D eigenvalue weighted by molar-refractivity contribution is 6.31. The molecule has 24 heavy (non-hydrogen) atoms. The van der Waals surface area contributed by atoms with Crippen molar-refractivity contribution in [1.82, 2.24) is 9.88 Å². The third kappa shape index (κ3) is 2.90. The van der Waals surface area contributed by atoms with Crippen LogP contribution in [-0.2, 0) is 6.54 Å². The monoisotopic (exact) mass is 340 g/mol. The Morgan fingerprint density at radius 3 is 2.96 bits per heavy atom. The molecule has 0 aliphatic carbocycles. The van der Waals surface area contributed by atoms with Crippen LogP contribution in [0.2, 0.25) is 5.02 Å². The Labute approximate surface area is 147 Å². The van der Waals surface area contributed by atoms with E-state index in [-0.39, 0.29) is 0 Å². The normalized spacial score (nSPS) is 18.3. The second kappa shape index (κ2) is 6.50. The second-order valence-electron chi connectivity index (χ2n) is 6.47. The largest absolute Gasteiger partial charge is 0.497 e. The van der Waals surface area contributed by atoms with Crippen molar-refractivity contribution in [3.05, 3.63) is 64.8 Å². The Bertz CT molecular complexity index is 858. The van der Waals surface area contributed by atoms with Crippen LogP contribution < -0.4 is 4.74 Å². The van der Waals surface area contributed by atoms with Gasteiger partial charge >= 0.3 is 0 Å². The molecule has 0 radical (unpaired) electrons. The topological polar surface area (TPSA) is 28.3 Å². The third-order valence-corrected chi connectivity index (χ3v) is 5.35. The van der Waals surface area contributed by atoms with Crippen LogP contribution in [0.3, 0.4) is 0 Å². The van der Waals surface area contributed by atoms with Crippen LogP contribution in [0, 0.1) is 0 Å². The number of aromatic nitrogens is 1. The van der Waals surface area contributed by atoms with E-state index in [2.05, 4.69) is 40.3 Å². The van der Waals surface area contributed by atoms with E-state index in [1.807, 2.05) is 18.2 Å². The van der Waals surface area contributed by atoms with Crippen LogP contribution in [0.4, 0.5) is 0 Å². The van der Waals surface area contributed by atoms with Crippen molar-refractivity contribution >= 4 is 22.5 Å². The van der Waals surface area contributed by atoms with Gasteiger partial charge in [0.1, 0.15) is 5.75 Å². The van der Waals surface area contributed by atoms with Crippen LogP contribution in [0.25, 0.3) is 10.9 Å². The zero-order valence-electron chi connectivity index (χ0n) is 13.8. The van der Waals surface area contributed by atoms with Gasteiger partial charge in [0.2, 0.25) is 0 Å². The fourth-order valence-corrected chi connectivity index (χ4v) is 3.88. The number of rotatable bonds is 4. The molecule has 3 aromatic rings. The van der Waals surface area contributed by atoms with Gasteiger partial charge in [-0.1, -0.05) is 29.8 Å². The number of H-pyrrole nitrogens is 1. The van der Waals surface area contributed by atoms with E-state index in [1.54, 1.807) is 7.11 Å². The van der Waals surface area contributed by atoms with Crippen LogP contribution in [0.1, 0.15) is 23.5 Å². The average Bonchev–Trinajstić information content (AvgIpc) is 3.22. The van der Waals surface area contributed by atoms with Gasteiger partial charge in [-0.15, -0.1) is 0 Å². The van der Waals surface area contributed by atoms with Crippen molar-refractivity contribution in [1.29, 1.82) is 0 Å². The minimum Gasteiger partial charge on any atom is -0.497 e. The summed E-state index contributed by atoms with van der Waals surface area (Å²) < 4.78 is 5.38. The van der Waals surface area contributed by atoms with Crippen molar-refractivity contribution in [3.63, 3.8) is 0 Å². The fourth-order valence-electron chi connectivity index (χ4n) is 3.68. The van der Waals surface area contributed by atoms with Crippen LogP contribution in [0.15, 0.2) is 48.7 Å². The Morgan fingerprint density at radius 2 is 2.12 bits per heavy atom. The first-order valence-electron chi connectivity index (χ1n) is 8.35. The minimum atomic E-state index is 0.549. The number of likely N-dealkylation sites (tertiary alicyclic amines) is 1. The third-order valence-electron chi connectivity index (χ3n) is 4.98. The Balaban J connectivity index is 1.54. The number of fused-ring (bicyclic) bond motifs is 1. The molecule has 2 aromatic carbocycles. The summed E-state index contributed by atoms with van der Waals surface area (Å²) in [6.07, 6.45) is 3.34. The van der Waals surface area contributed by atoms with Crippen molar-refractivity contribution in [2.24, 2.45) is 0 Å². The number of methoxy groups -OCH3 is 1. The standard InChI is InChI=1S/C20H21ClN2O/c1-24-16-6-7-20-17(10-16)18(11-22-20)14-8-9-23(12-14)13-15-4-2-3-5-19(15)21/h2-7,10-11,14,22H,8-9,12-13H2,1H3/t14-/m1/s1. The van der Waals surface area contributed by atoms with E-state index in [1.165, 1.54) is 28.5 Å². The molecule has 1 saturated heterocycles. The summed E-state index contributed by atoms with van der Waals surface area (Å²) in [5.41, 5.74) is 3.78. The van der Waals surface area contributed by atoms with Crippen LogP contribution in [-0.4, -0.2) is 30.1 Å². The highest BCUT2D eigenvalue weighted by Crippen LogP contribution is 2.34. The number of hydrogen-bond donors (Lipinski definition) is 1. The van der Waals surface area contributed by atoms with E-state index >= 15 is 0 Å². The summed E-state index contributed by atoms with van der Waals surface area (Å²) in [7, 11) is 1.72. The first-order valence-corrected chi connectivity index (χ1v) is 8.73. The summed E-state index contributed by atoms with van der Waals surface area (Å²) in [5.74, 6) is 1.46. The van der Waals surface area contributed by atoms with E-state index in [0.717, 1.165) is 30.4 Å². The number of halogens is 1. The first kappa shape index (κ1) is 15.6. The maximum absolute atomic E-state index is 6.30. The lowest BCUT2D eigenvalue weighted by Gasteiger charge is -2.17. The lowest BCUT2D eigenvalue weighted by molar-refractivity contribution is 0.327. The van der Waals surface area contributed by atoms with Crippen molar-refractivity contribution < 1.29 is 4.74 Å². The minimum absolute atomic E-state index is 0.549. The molecule has 4 heteroatoms. The van der Waals surface area contributed by atoms with Crippen LogP contribution >= 0.6 is 11.6 Å². The smallest absolute Gasteiger partial charge is 0.119 e. The molecule has 0 spiro atoms. The summed E-state index contributed by atoms with van der Waals surface area (Å²) in [6, 6.07) is 14.4. The number of hydrogen-bond acceptors (Lipinski definition) is 2. The maximum atomic E-state index is 6.30. The first-order chi connectivity index (χ1) is 11.7. The summed E-state index contributed by atoms with van der Waals surface area (Å²) in [5, 5.41) is 2.14. The zero-order valence-corrected chi connectivity index (χ0v) is 14.5. The van der Waals surface area contributed by atoms with Gasteiger partial charge in [-0.05, 0) is 54.3 Å². The summed E-state index contributed by atoms with van der Waals surface area (Å²) >= 11 is 6.30. The van der Waals surface area contributed by atoms with Crippen molar-refractivity contribution in [2.45, 2.75) is 18.9 Å². The molecular formula is C20H21ClN2O. The Kier molecular flexibility index (Phi) is 4.21. The van der Waals surface area contributed by atoms with Gasteiger partial charge in [-0.3, -0.25) is 4.90 Å². The zero-order chi connectivity index (χ0) is 16.5. The quantitative estimate of drug-likeness (QED) is 0.737. The molecule has 1 aliphatic rings. The Hall–Kier alpha value is -1.97. The van der Waals surface area contributed by atoms with E-state index in [0.29, 0.717) is 5.92 Å². The number of benzene rings is 2. The van der Waals surface area contributed by atoms with Crippen molar-refractivity contribution in [3.8, 4) is 5.75 Å². The van der Waals surface area contributed by atoms with Crippen molar-refractivity contribution in [2.75, 3.05) is 20.2 Å². The lowest BCUT2D eigenvalue weighted by Crippen LogP contribution is -2.19. The molecule has 0 saturated carbocycles. The molecule has 1 N–H and O–H groups in total. The van der Waals surface area contributed by atoms with Gasteiger partial charge in [-0.2, -0.15) is 0 Å². The molecule has 0 bridgehead atoms. The summed E-state index contributed by atoms with van der Waals surface area (Å²) in [4.78, 5) is 5.89. The van der Waals surface area contributed by atoms with Crippen LogP contribution in [0.5, 0.6) is 5.75 Å². The van der Waals surface area contributed by atoms with Gasteiger partial charge < -0.3 is 9.72 Å². The number of ether oxygens (including phenoxy) is 1. The van der Waals surface area contributed by atoms with Gasteiger partial charge in [0.25, 0.3) is 0 Å². The SMILES string of the molecule is COc1ccc2[nH]cc([C@@H]3CCN(Cc4ccccc4Cl)C3)c2c1. The molecule has 0 amide bonds. The molecule has 2 heterocycles. The van der Waals surface area contributed by atoms with Gasteiger partial charge in [0.15, 0.2) is 0 Å². The highest BCUT2D eigenvalue weighted by Gasteiger charge is 2.26. The van der Waals surface area contributed by atoms with Gasteiger partial charge in [0, 0.05) is 35.2 Å². The molecule has 1 aliphatic heterocycles. The molecule has 3 nitrogen and oxygen atoms in total. The Morgan fingerprint density at radius 1 is 1.25 bits per heavy atom. The number of nitrogens with zero attached hydrogens (tertiary/aromatic N) is 1. The highest BCUT2D eigenvalue weighted by atomic mass is 35.5. The number of nitrogens with one attached hydrogen (secondary N) is 1. The molecule has 4 rings (SSSR count). The van der Waals surface area contributed by atoms with E-state index < -0.39 is 0 Å². The lowest BCUT2D eigenvalue weighted by atomic mass is 9.98. The predicted octanol–water partition coefficient (Wildman–Crippen LogP) is 4.82. The average molecular weight is 341 g/mol. The second-order valence-corrected chi connectivity index (χ2v) is 6.87. The van der Waals surface area contributed by atoms with Gasteiger partial charge in [-0.25, -0.2) is 0 Å². The maximum Gasteiger partial charge on any atom is 0.119 e. The summed E-state index contributed by atoms with van der Waals surface area (Å²) in [6.45, 7) is 3.09. The predicted molar refractivity (Wildman–Crippen MR) is 98.9 cm³/mol. The fraction of sp³-hybridized carbons (Fsp3) is 0.300. The van der Waals surface area contributed by atoms with E-state index in [9.17, 15) is 0 Å². The molecule has 124 valence electrons. The molecular weight excluding hydrogens is 320 g/mol. The van der Waals surface area contributed by atoms with E-state index in [4.69, 9.17) is 16.3 Å². The molecule has 1 fully saturated rings. The van der Waals surface area contributed by atoms with Gasteiger partial charge in [0.05, 0.1) is 7.11 Å². The molecule has 0 unspecified atom stereocenters. The molecule has 1 aromatic heterocycles. The molecule has 1 atom stereocenters.